The van der Waals surface area contributed by atoms with E-state index in [4.69, 9.17) is 9.47 Å². The normalized spacial score (nSPS) is 36.7. The van der Waals surface area contributed by atoms with E-state index in [-0.39, 0.29) is 0 Å². The molecule has 0 aromatic heterocycles. The van der Waals surface area contributed by atoms with Gasteiger partial charge in [0.2, 0.25) is 0 Å². The van der Waals surface area contributed by atoms with Crippen LogP contribution in [-0.2, 0) is 9.47 Å². The number of piperidine rings is 1. The summed E-state index contributed by atoms with van der Waals surface area (Å²) in [4.78, 5) is 2.53. The second kappa shape index (κ2) is 4.40. The monoisotopic (exact) mass is 185 g/mol. The van der Waals surface area contributed by atoms with Crippen molar-refractivity contribution < 1.29 is 9.47 Å². The minimum atomic E-state index is 0.304. The van der Waals surface area contributed by atoms with Gasteiger partial charge >= 0.3 is 0 Å². The third kappa shape index (κ3) is 2.03. The largest absolute Gasteiger partial charge is 0.377 e. The molecule has 0 bridgehead atoms. The van der Waals surface area contributed by atoms with E-state index in [1.165, 1.54) is 32.4 Å². The van der Waals surface area contributed by atoms with Gasteiger partial charge in [-0.25, -0.2) is 0 Å². The average molecular weight is 185 g/mol. The van der Waals surface area contributed by atoms with Gasteiger partial charge in [0.15, 0.2) is 0 Å². The van der Waals surface area contributed by atoms with Crippen LogP contribution in [0.2, 0.25) is 0 Å². The van der Waals surface area contributed by atoms with Crippen LogP contribution in [0.1, 0.15) is 19.3 Å². The Balaban J connectivity index is 1.90. The van der Waals surface area contributed by atoms with Crippen molar-refractivity contribution in [3.63, 3.8) is 0 Å². The Morgan fingerprint density at radius 3 is 2.62 bits per heavy atom. The second-order valence-corrected chi connectivity index (χ2v) is 3.98. The van der Waals surface area contributed by atoms with Crippen LogP contribution in [0.15, 0.2) is 0 Å². The van der Waals surface area contributed by atoms with Gasteiger partial charge < -0.3 is 9.47 Å². The Morgan fingerprint density at radius 1 is 1.15 bits per heavy atom. The van der Waals surface area contributed by atoms with E-state index in [2.05, 4.69) is 4.90 Å². The fourth-order valence-corrected chi connectivity index (χ4v) is 2.34. The van der Waals surface area contributed by atoms with Crippen molar-refractivity contribution in [2.45, 2.75) is 31.4 Å². The molecular formula is C10H19NO2. The van der Waals surface area contributed by atoms with Gasteiger partial charge in [0, 0.05) is 7.11 Å². The number of hydrogen-bond acceptors (Lipinski definition) is 3. The highest BCUT2D eigenvalue weighted by Gasteiger charge is 2.33. The summed E-state index contributed by atoms with van der Waals surface area (Å²) >= 11 is 0. The molecule has 13 heavy (non-hydrogen) atoms. The van der Waals surface area contributed by atoms with Gasteiger partial charge in [-0.2, -0.15) is 0 Å². The lowest BCUT2D eigenvalue weighted by Gasteiger charge is -2.33. The van der Waals surface area contributed by atoms with Crippen LogP contribution in [0.3, 0.4) is 0 Å². The average Bonchev–Trinajstić information content (AvgIpc) is 2.67. The van der Waals surface area contributed by atoms with Crippen LogP contribution >= 0.6 is 0 Å². The van der Waals surface area contributed by atoms with Crippen molar-refractivity contribution in [2.75, 3.05) is 33.4 Å². The van der Waals surface area contributed by atoms with E-state index in [0.717, 1.165) is 13.2 Å². The van der Waals surface area contributed by atoms with Crippen LogP contribution < -0.4 is 0 Å². The standard InChI is InChI=1S/C10H19NO2/c1-12-10-8-13-7-9(10)11-5-3-2-4-6-11/h9-10H,2-8H2,1H3. The number of methoxy groups -OCH3 is 1. The molecule has 76 valence electrons. The molecule has 2 saturated heterocycles. The summed E-state index contributed by atoms with van der Waals surface area (Å²) in [6, 6.07) is 0.519. The molecule has 0 radical (unpaired) electrons. The summed E-state index contributed by atoms with van der Waals surface area (Å²) in [5.41, 5.74) is 0. The SMILES string of the molecule is COC1COCC1N1CCCCC1. The first-order chi connectivity index (χ1) is 6.42. The highest BCUT2D eigenvalue weighted by molar-refractivity contribution is 4.85. The topological polar surface area (TPSA) is 21.7 Å². The molecule has 0 aliphatic carbocycles. The van der Waals surface area contributed by atoms with E-state index in [9.17, 15) is 0 Å². The quantitative estimate of drug-likeness (QED) is 0.637. The minimum absolute atomic E-state index is 0.304. The first kappa shape index (κ1) is 9.44. The van der Waals surface area contributed by atoms with Crippen molar-refractivity contribution in [2.24, 2.45) is 0 Å². The Kier molecular flexibility index (Phi) is 3.19. The number of likely N-dealkylation sites (tertiary alicyclic amines) is 1. The fourth-order valence-electron chi connectivity index (χ4n) is 2.34. The maximum atomic E-state index is 5.45. The van der Waals surface area contributed by atoms with E-state index in [0.29, 0.717) is 12.1 Å². The third-order valence-corrected chi connectivity index (χ3v) is 3.16. The van der Waals surface area contributed by atoms with Crippen molar-refractivity contribution in [3.05, 3.63) is 0 Å². The lowest BCUT2D eigenvalue weighted by atomic mass is 10.1. The lowest BCUT2D eigenvalue weighted by Crippen LogP contribution is -2.46. The molecule has 0 N–H and O–H groups in total. The molecule has 3 nitrogen and oxygen atoms in total. The molecular weight excluding hydrogens is 166 g/mol. The summed E-state index contributed by atoms with van der Waals surface area (Å²) in [6.45, 7) is 4.10. The zero-order valence-corrected chi connectivity index (χ0v) is 8.37. The van der Waals surface area contributed by atoms with Gasteiger partial charge in [-0.15, -0.1) is 0 Å². The highest BCUT2D eigenvalue weighted by atomic mass is 16.5. The molecule has 2 aliphatic heterocycles. The molecule has 2 atom stereocenters. The van der Waals surface area contributed by atoms with E-state index in [1.54, 1.807) is 7.11 Å². The molecule has 2 fully saturated rings. The predicted molar refractivity (Wildman–Crippen MR) is 50.8 cm³/mol. The maximum Gasteiger partial charge on any atom is 0.0981 e. The zero-order valence-electron chi connectivity index (χ0n) is 8.37. The molecule has 2 aliphatic rings. The summed E-state index contributed by atoms with van der Waals surface area (Å²) < 4.78 is 10.9. The van der Waals surface area contributed by atoms with Crippen LogP contribution in [0, 0.1) is 0 Å². The van der Waals surface area contributed by atoms with Gasteiger partial charge in [0.1, 0.15) is 0 Å². The Hall–Kier alpha value is -0.120. The van der Waals surface area contributed by atoms with Crippen LogP contribution in [0.5, 0.6) is 0 Å². The molecule has 2 heterocycles. The summed E-state index contributed by atoms with van der Waals surface area (Å²) in [5, 5.41) is 0. The maximum absolute atomic E-state index is 5.45. The van der Waals surface area contributed by atoms with Crippen molar-refractivity contribution in [1.29, 1.82) is 0 Å². The summed E-state index contributed by atoms with van der Waals surface area (Å²) in [6.07, 6.45) is 4.37. The van der Waals surface area contributed by atoms with Gasteiger partial charge in [0.05, 0.1) is 25.4 Å². The number of nitrogens with zero attached hydrogens (tertiary/aromatic N) is 1. The van der Waals surface area contributed by atoms with Gasteiger partial charge in [0.25, 0.3) is 0 Å². The molecule has 3 heteroatoms. The Labute approximate surface area is 80.0 Å². The molecule has 2 unspecified atom stereocenters. The highest BCUT2D eigenvalue weighted by Crippen LogP contribution is 2.20. The van der Waals surface area contributed by atoms with Crippen LogP contribution in [0.25, 0.3) is 0 Å². The molecule has 0 amide bonds. The van der Waals surface area contributed by atoms with E-state index >= 15 is 0 Å². The van der Waals surface area contributed by atoms with Gasteiger partial charge in [-0.05, 0) is 25.9 Å². The fraction of sp³-hybridized carbons (Fsp3) is 1.00. The summed E-state index contributed by atoms with van der Waals surface area (Å²) in [5.74, 6) is 0. The number of ether oxygens (including phenoxy) is 2. The molecule has 0 spiro atoms. The zero-order chi connectivity index (χ0) is 9.10. The molecule has 0 aromatic carbocycles. The Morgan fingerprint density at radius 2 is 1.92 bits per heavy atom. The van der Waals surface area contributed by atoms with E-state index < -0.39 is 0 Å². The third-order valence-electron chi connectivity index (χ3n) is 3.16. The van der Waals surface area contributed by atoms with Crippen molar-refractivity contribution >= 4 is 0 Å². The van der Waals surface area contributed by atoms with E-state index in [1.807, 2.05) is 0 Å². The lowest BCUT2D eigenvalue weighted by molar-refractivity contribution is 0.0340. The molecule has 0 aromatic rings. The van der Waals surface area contributed by atoms with Gasteiger partial charge in [-0.1, -0.05) is 6.42 Å². The second-order valence-electron chi connectivity index (χ2n) is 3.98. The predicted octanol–water partition coefficient (Wildman–Crippen LogP) is 0.886. The number of rotatable bonds is 2. The first-order valence-corrected chi connectivity index (χ1v) is 5.26. The van der Waals surface area contributed by atoms with Crippen LogP contribution in [-0.4, -0.2) is 50.5 Å². The van der Waals surface area contributed by atoms with Gasteiger partial charge in [-0.3, -0.25) is 4.90 Å². The minimum Gasteiger partial charge on any atom is -0.377 e. The van der Waals surface area contributed by atoms with Crippen LogP contribution in [0.4, 0.5) is 0 Å². The Bertz CT molecular complexity index is 157. The molecule has 0 saturated carbocycles. The van der Waals surface area contributed by atoms with Crippen molar-refractivity contribution in [1.82, 2.24) is 4.90 Å². The van der Waals surface area contributed by atoms with Crippen molar-refractivity contribution in [3.8, 4) is 0 Å². The number of hydrogen-bond donors (Lipinski definition) is 0. The summed E-state index contributed by atoms with van der Waals surface area (Å²) in [7, 11) is 1.79. The first-order valence-electron chi connectivity index (χ1n) is 5.26. The molecule has 2 rings (SSSR count). The smallest absolute Gasteiger partial charge is 0.0981 e.